The minimum Gasteiger partial charge on any atom is -0.355 e. The van der Waals surface area contributed by atoms with Crippen LogP contribution < -0.4 is 4.90 Å². The van der Waals surface area contributed by atoms with E-state index >= 15 is 0 Å². The van der Waals surface area contributed by atoms with Gasteiger partial charge in [0.1, 0.15) is 10.4 Å². The Morgan fingerprint density at radius 1 is 1.11 bits per heavy atom. The number of halogens is 1. The predicted molar refractivity (Wildman–Crippen MR) is 78.0 cm³/mol. The van der Waals surface area contributed by atoms with E-state index in [1.54, 1.807) is 0 Å². The third kappa shape index (κ3) is 2.69. The number of likely N-dealkylation sites (tertiary alicyclic amines) is 1. The first-order valence-corrected chi connectivity index (χ1v) is 7.74. The van der Waals surface area contributed by atoms with Gasteiger partial charge in [-0.2, -0.15) is 0 Å². The van der Waals surface area contributed by atoms with E-state index in [9.17, 15) is 0 Å². The lowest BCUT2D eigenvalue weighted by atomic mass is 10.1. The molecular formula is C14H20BrN3. The van der Waals surface area contributed by atoms with Gasteiger partial charge < -0.3 is 4.90 Å². The highest BCUT2D eigenvalue weighted by atomic mass is 79.9. The molecule has 0 aromatic carbocycles. The first-order valence-electron chi connectivity index (χ1n) is 6.94. The summed E-state index contributed by atoms with van der Waals surface area (Å²) in [6.45, 7) is 4.88. The number of hydrogen-bond acceptors (Lipinski definition) is 3. The van der Waals surface area contributed by atoms with Crippen LogP contribution in [0.25, 0.3) is 0 Å². The molecule has 98 valence electrons. The second kappa shape index (κ2) is 5.57. The van der Waals surface area contributed by atoms with Crippen molar-refractivity contribution < 1.29 is 0 Å². The van der Waals surface area contributed by atoms with E-state index in [1.807, 2.05) is 6.07 Å². The summed E-state index contributed by atoms with van der Waals surface area (Å²) >= 11 is 3.45. The molecule has 2 fully saturated rings. The van der Waals surface area contributed by atoms with Crippen molar-refractivity contribution in [2.24, 2.45) is 0 Å². The Balaban J connectivity index is 1.64. The Morgan fingerprint density at radius 3 is 2.72 bits per heavy atom. The van der Waals surface area contributed by atoms with Gasteiger partial charge in [-0.1, -0.05) is 12.5 Å². The van der Waals surface area contributed by atoms with Gasteiger partial charge in [0.05, 0.1) is 0 Å². The quantitative estimate of drug-likeness (QED) is 0.783. The maximum absolute atomic E-state index is 4.56. The van der Waals surface area contributed by atoms with Gasteiger partial charge >= 0.3 is 0 Å². The van der Waals surface area contributed by atoms with Crippen molar-refractivity contribution in [2.45, 2.75) is 31.7 Å². The van der Waals surface area contributed by atoms with Gasteiger partial charge in [-0.3, -0.25) is 4.90 Å². The zero-order valence-corrected chi connectivity index (χ0v) is 12.3. The minimum atomic E-state index is 0.742. The molecule has 3 heterocycles. The Kier molecular flexibility index (Phi) is 3.85. The van der Waals surface area contributed by atoms with Gasteiger partial charge in [0.25, 0.3) is 0 Å². The summed E-state index contributed by atoms with van der Waals surface area (Å²) in [7, 11) is 0. The van der Waals surface area contributed by atoms with Crippen LogP contribution in [0.5, 0.6) is 0 Å². The van der Waals surface area contributed by atoms with Gasteiger partial charge in [0.2, 0.25) is 0 Å². The lowest BCUT2D eigenvalue weighted by Gasteiger charge is -2.32. The maximum atomic E-state index is 4.56. The van der Waals surface area contributed by atoms with Crippen molar-refractivity contribution in [3.8, 4) is 0 Å². The van der Waals surface area contributed by atoms with Crippen molar-refractivity contribution in [2.75, 3.05) is 31.1 Å². The molecule has 4 heteroatoms. The first kappa shape index (κ1) is 12.4. The predicted octanol–water partition coefficient (Wildman–Crippen LogP) is 2.91. The molecule has 0 saturated carbocycles. The third-order valence-electron chi connectivity index (χ3n) is 4.09. The normalized spacial score (nSPS) is 25.6. The number of nitrogens with zero attached hydrogens (tertiary/aromatic N) is 3. The average molecular weight is 310 g/mol. The van der Waals surface area contributed by atoms with E-state index < -0.39 is 0 Å². The molecule has 1 atom stereocenters. The zero-order valence-electron chi connectivity index (χ0n) is 10.7. The van der Waals surface area contributed by atoms with Crippen LogP contribution in [0.2, 0.25) is 0 Å². The first-order chi connectivity index (χ1) is 8.83. The molecule has 2 aliphatic rings. The Morgan fingerprint density at radius 2 is 1.94 bits per heavy atom. The SMILES string of the molecule is Brc1cccc(N2CCC(N3CCCCC3)C2)n1. The summed E-state index contributed by atoms with van der Waals surface area (Å²) in [5, 5.41) is 0. The lowest BCUT2D eigenvalue weighted by molar-refractivity contribution is 0.175. The highest BCUT2D eigenvalue weighted by molar-refractivity contribution is 9.10. The van der Waals surface area contributed by atoms with E-state index in [2.05, 4.69) is 42.8 Å². The molecule has 0 radical (unpaired) electrons. The molecule has 1 aromatic rings. The molecule has 0 aliphatic carbocycles. The zero-order chi connectivity index (χ0) is 12.4. The Labute approximate surface area is 117 Å². The average Bonchev–Trinajstić information content (AvgIpc) is 2.89. The van der Waals surface area contributed by atoms with Gasteiger partial charge in [-0.25, -0.2) is 4.98 Å². The van der Waals surface area contributed by atoms with Crippen LogP contribution in [-0.4, -0.2) is 42.1 Å². The lowest BCUT2D eigenvalue weighted by Crippen LogP contribution is -2.40. The number of hydrogen-bond donors (Lipinski definition) is 0. The van der Waals surface area contributed by atoms with E-state index in [1.165, 1.54) is 38.8 Å². The number of piperidine rings is 1. The Hall–Kier alpha value is -0.610. The fourth-order valence-corrected chi connectivity index (χ4v) is 3.44. The van der Waals surface area contributed by atoms with Crippen LogP contribution in [0.1, 0.15) is 25.7 Å². The van der Waals surface area contributed by atoms with Gasteiger partial charge in [-0.15, -0.1) is 0 Å². The van der Waals surface area contributed by atoms with Gasteiger partial charge in [0.15, 0.2) is 0 Å². The molecule has 0 spiro atoms. The van der Waals surface area contributed by atoms with Crippen LogP contribution in [0.4, 0.5) is 5.82 Å². The fraction of sp³-hybridized carbons (Fsp3) is 0.643. The molecule has 2 saturated heterocycles. The summed E-state index contributed by atoms with van der Waals surface area (Å²) in [6.07, 6.45) is 5.46. The molecule has 2 aliphatic heterocycles. The molecule has 3 nitrogen and oxygen atoms in total. The highest BCUT2D eigenvalue weighted by Crippen LogP contribution is 2.24. The summed E-state index contributed by atoms with van der Waals surface area (Å²) < 4.78 is 0.932. The number of anilines is 1. The van der Waals surface area contributed by atoms with Crippen molar-refractivity contribution in [3.63, 3.8) is 0 Å². The molecule has 1 aromatic heterocycles. The fourth-order valence-electron chi connectivity index (χ4n) is 3.11. The van der Waals surface area contributed by atoms with Crippen LogP contribution in [-0.2, 0) is 0 Å². The topological polar surface area (TPSA) is 19.4 Å². The van der Waals surface area contributed by atoms with Crippen molar-refractivity contribution in [3.05, 3.63) is 22.8 Å². The minimum absolute atomic E-state index is 0.742. The largest absolute Gasteiger partial charge is 0.355 e. The summed E-state index contributed by atoms with van der Waals surface area (Å²) in [5.74, 6) is 1.11. The van der Waals surface area contributed by atoms with Crippen LogP contribution >= 0.6 is 15.9 Å². The van der Waals surface area contributed by atoms with E-state index in [0.717, 1.165) is 29.6 Å². The van der Waals surface area contributed by atoms with Crippen molar-refractivity contribution in [1.29, 1.82) is 0 Å². The van der Waals surface area contributed by atoms with Gasteiger partial charge in [0, 0.05) is 19.1 Å². The maximum Gasteiger partial charge on any atom is 0.129 e. The standard InChI is InChI=1S/C14H20BrN3/c15-13-5-4-6-14(16-13)18-10-7-12(11-18)17-8-2-1-3-9-17/h4-6,12H,1-3,7-11H2. The second-order valence-corrected chi connectivity index (χ2v) is 6.12. The molecule has 0 amide bonds. The van der Waals surface area contributed by atoms with Crippen molar-refractivity contribution >= 4 is 21.7 Å². The molecule has 3 rings (SSSR count). The molecule has 18 heavy (non-hydrogen) atoms. The number of rotatable bonds is 2. The second-order valence-electron chi connectivity index (χ2n) is 5.30. The molecule has 0 bridgehead atoms. The molecular weight excluding hydrogens is 290 g/mol. The molecule has 0 N–H and O–H groups in total. The van der Waals surface area contributed by atoms with Gasteiger partial charge in [-0.05, 0) is 60.4 Å². The smallest absolute Gasteiger partial charge is 0.129 e. The van der Waals surface area contributed by atoms with Crippen LogP contribution in [0.3, 0.4) is 0 Å². The van der Waals surface area contributed by atoms with Crippen LogP contribution in [0.15, 0.2) is 22.8 Å². The van der Waals surface area contributed by atoms with E-state index in [-0.39, 0.29) is 0 Å². The number of pyridine rings is 1. The monoisotopic (exact) mass is 309 g/mol. The summed E-state index contributed by atoms with van der Waals surface area (Å²) in [6, 6.07) is 6.91. The summed E-state index contributed by atoms with van der Waals surface area (Å²) in [4.78, 5) is 9.66. The molecule has 1 unspecified atom stereocenters. The summed E-state index contributed by atoms with van der Waals surface area (Å²) in [5.41, 5.74) is 0. The number of aromatic nitrogens is 1. The van der Waals surface area contributed by atoms with E-state index in [4.69, 9.17) is 0 Å². The highest BCUT2D eigenvalue weighted by Gasteiger charge is 2.28. The Bertz CT molecular complexity index is 404. The van der Waals surface area contributed by atoms with Crippen LogP contribution in [0, 0.1) is 0 Å². The third-order valence-corrected chi connectivity index (χ3v) is 4.54. The van der Waals surface area contributed by atoms with Crippen molar-refractivity contribution in [1.82, 2.24) is 9.88 Å². The van der Waals surface area contributed by atoms with E-state index in [0.29, 0.717) is 0 Å².